The zero-order valence-corrected chi connectivity index (χ0v) is 15.1. The van der Waals surface area contributed by atoms with Crippen LogP contribution in [0.15, 0.2) is 18.2 Å². The van der Waals surface area contributed by atoms with Crippen LogP contribution in [-0.4, -0.2) is 32.6 Å². The lowest BCUT2D eigenvalue weighted by Gasteiger charge is -2.14. The van der Waals surface area contributed by atoms with Crippen LogP contribution in [0, 0.1) is 5.92 Å². The predicted octanol–water partition coefficient (Wildman–Crippen LogP) is 4.08. The summed E-state index contributed by atoms with van der Waals surface area (Å²) in [5, 5.41) is 3.43. The molecule has 0 aliphatic rings. The molecule has 0 heterocycles. The highest BCUT2D eigenvalue weighted by molar-refractivity contribution is 5.96. The molecule has 0 amide bonds. The maximum atomic E-state index is 12.3. The van der Waals surface area contributed by atoms with Gasteiger partial charge in [0.2, 0.25) is 0 Å². The third kappa shape index (κ3) is 7.04. The summed E-state index contributed by atoms with van der Waals surface area (Å²) in [7, 11) is 3.16. The van der Waals surface area contributed by atoms with Crippen LogP contribution in [-0.2, 0) is 0 Å². The van der Waals surface area contributed by atoms with Crippen LogP contribution in [0.25, 0.3) is 0 Å². The van der Waals surface area contributed by atoms with Gasteiger partial charge in [0.05, 0.1) is 14.2 Å². The molecule has 0 spiro atoms. The SMILES string of the molecule is COc1ccc(C(=O)CCNC(C)CCCC(C)C)cc1OC. The summed E-state index contributed by atoms with van der Waals surface area (Å²) in [5.74, 6) is 2.11. The van der Waals surface area contributed by atoms with E-state index in [4.69, 9.17) is 9.47 Å². The van der Waals surface area contributed by atoms with Gasteiger partial charge >= 0.3 is 0 Å². The molecular formula is C19H31NO3. The smallest absolute Gasteiger partial charge is 0.164 e. The zero-order valence-electron chi connectivity index (χ0n) is 15.1. The summed E-state index contributed by atoms with van der Waals surface area (Å²) in [6.07, 6.45) is 4.14. The molecule has 1 atom stereocenters. The van der Waals surface area contributed by atoms with Gasteiger partial charge in [-0.1, -0.05) is 26.7 Å². The van der Waals surface area contributed by atoms with E-state index in [0.717, 1.165) is 12.3 Å². The highest BCUT2D eigenvalue weighted by Gasteiger charge is 2.11. The molecular weight excluding hydrogens is 290 g/mol. The number of rotatable bonds is 11. The number of Topliss-reactive ketones (excluding diaryl/α,β-unsaturated/α-hetero) is 1. The maximum Gasteiger partial charge on any atom is 0.164 e. The Labute approximate surface area is 140 Å². The van der Waals surface area contributed by atoms with Crippen LogP contribution in [0.2, 0.25) is 0 Å². The van der Waals surface area contributed by atoms with E-state index in [1.807, 2.05) is 0 Å². The fraction of sp³-hybridized carbons (Fsp3) is 0.632. The van der Waals surface area contributed by atoms with Gasteiger partial charge in [0.1, 0.15) is 0 Å². The summed E-state index contributed by atoms with van der Waals surface area (Å²) in [6, 6.07) is 5.75. The van der Waals surface area contributed by atoms with Gasteiger partial charge in [-0.15, -0.1) is 0 Å². The standard InChI is InChI=1S/C19H31NO3/c1-14(2)7-6-8-15(3)20-12-11-17(21)16-9-10-18(22-4)19(13-16)23-5/h9-10,13-15,20H,6-8,11-12H2,1-5H3. The van der Waals surface area contributed by atoms with Crippen molar-refractivity contribution in [1.82, 2.24) is 5.32 Å². The van der Waals surface area contributed by atoms with Crippen molar-refractivity contribution in [2.45, 2.75) is 52.5 Å². The third-order valence-corrected chi connectivity index (χ3v) is 3.97. The number of carbonyl (C=O) groups excluding carboxylic acids is 1. The predicted molar refractivity (Wildman–Crippen MR) is 94.6 cm³/mol. The Bertz CT molecular complexity index is 486. The zero-order chi connectivity index (χ0) is 17.2. The molecule has 23 heavy (non-hydrogen) atoms. The third-order valence-electron chi connectivity index (χ3n) is 3.97. The minimum absolute atomic E-state index is 0.118. The number of carbonyl (C=O) groups is 1. The van der Waals surface area contributed by atoms with E-state index in [1.165, 1.54) is 12.8 Å². The van der Waals surface area contributed by atoms with Crippen molar-refractivity contribution in [2.24, 2.45) is 5.92 Å². The van der Waals surface area contributed by atoms with Crippen LogP contribution in [0.3, 0.4) is 0 Å². The molecule has 1 unspecified atom stereocenters. The molecule has 0 bridgehead atoms. The van der Waals surface area contributed by atoms with Gasteiger partial charge in [-0.3, -0.25) is 4.79 Å². The minimum atomic E-state index is 0.118. The van der Waals surface area contributed by atoms with E-state index in [1.54, 1.807) is 32.4 Å². The number of nitrogens with one attached hydrogen (secondary N) is 1. The van der Waals surface area contributed by atoms with E-state index in [-0.39, 0.29) is 5.78 Å². The van der Waals surface area contributed by atoms with Crippen LogP contribution < -0.4 is 14.8 Å². The quantitative estimate of drug-likeness (QED) is 0.624. The maximum absolute atomic E-state index is 12.3. The molecule has 4 heteroatoms. The molecule has 1 aromatic rings. The molecule has 0 fully saturated rings. The van der Waals surface area contributed by atoms with Crippen molar-refractivity contribution in [3.05, 3.63) is 23.8 Å². The lowest BCUT2D eigenvalue weighted by Crippen LogP contribution is -2.28. The van der Waals surface area contributed by atoms with Gasteiger partial charge in [0.25, 0.3) is 0 Å². The van der Waals surface area contributed by atoms with Gasteiger partial charge in [-0.05, 0) is 37.5 Å². The van der Waals surface area contributed by atoms with E-state index >= 15 is 0 Å². The summed E-state index contributed by atoms with van der Waals surface area (Å²) < 4.78 is 10.4. The molecule has 1 aromatic carbocycles. The Morgan fingerprint density at radius 1 is 1.09 bits per heavy atom. The summed E-state index contributed by atoms with van der Waals surface area (Å²) in [4.78, 5) is 12.3. The average Bonchev–Trinajstić information content (AvgIpc) is 2.53. The first-order valence-corrected chi connectivity index (χ1v) is 8.46. The van der Waals surface area contributed by atoms with E-state index in [2.05, 4.69) is 26.1 Å². The van der Waals surface area contributed by atoms with Crippen LogP contribution >= 0.6 is 0 Å². The number of methoxy groups -OCH3 is 2. The summed E-state index contributed by atoms with van der Waals surface area (Å²) in [6.45, 7) is 7.39. The minimum Gasteiger partial charge on any atom is -0.493 e. The second-order valence-corrected chi connectivity index (χ2v) is 6.42. The van der Waals surface area contributed by atoms with E-state index in [9.17, 15) is 4.79 Å². The lowest BCUT2D eigenvalue weighted by atomic mass is 10.0. The molecule has 0 aliphatic heterocycles. The molecule has 0 aliphatic carbocycles. The largest absolute Gasteiger partial charge is 0.493 e. The van der Waals surface area contributed by atoms with Crippen molar-refractivity contribution < 1.29 is 14.3 Å². The van der Waals surface area contributed by atoms with Crippen molar-refractivity contribution in [1.29, 1.82) is 0 Å². The number of hydrogen-bond donors (Lipinski definition) is 1. The van der Waals surface area contributed by atoms with E-state index < -0.39 is 0 Å². The normalized spacial score (nSPS) is 12.3. The lowest BCUT2D eigenvalue weighted by molar-refractivity contribution is 0.0981. The molecule has 0 saturated heterocycles. The van der Waals surface area contributed by atoms with Crippen molar-refractivity contribution in [2.75, 3.05) is 20.8 Å². The molecule has 1 rings (SSSR count). The van der Waals surface area contributed by atoms with E-state index in [0.29, 0.717) is 36.1 Å². The topological polar surface area (TPSA) is 47.6 Å². The van der Waals surface area contributed by atoms with Crippen LogP contribution in [0.1, 0.15) is 56.8 Å². The first-order valence-electron chi connectivity index (χ1n) is 8.46. The Balaban J connectivity index is 2.39. The summed E-state index contributed by atoms with van der Waals surface area (Å²) in [5.41, 5.74) is 0.664. The molecule has 1 N–H and O–H groups in total. The Kier molecular flexibility index (Phi) is 8.70. The van der Waals surface area contributed by atoms with Crippen molar-refractivity contribution >= 4 is 5.78 Å². The van der Waals surface area contributed by atoms with Crippen molar-refractivity contribution in [3.8, 4) is 11.5 Å². The van der Waals surface area contributed by atoms with Crippen molar-refractivity contribution in [3.63, 3.8) is 0 Å². The van der Waals surface area contributed by atoms with Gasteiger partial charge in [0, 0.05) is 24.6 Å². The molecule has 0 aromatic heterocycles. The monoisotopic (exact) mass is 321 g/mol. The fourth-order valence-electron chi connectivity index (χ4n) is 2.52. The van der Waals surface area contributed by atoms with Gasteiger partial charge < -0.3 is 14.8 Å². The molecule has 4 nitrogen and oxygen atoms in total. The van der Waals surface area contributed by atoms with Crippen LogP contribution in [0.5, 0.6) is 11.5 Å². The first-order chi connectivity index (χ1) is 11.0. The number of benzene rings is 1. The second-order valence-electron chi connectivity index (χ2n) is 6.42. The van der Waals surface area contributed by atoms with Gasteiger partial charge in [-0.25, -0.2) is 0 Å². The second kappa shape index (κ2) is 10.3. The number of hydrogen-bond acceptors (Lipinski definition) is 4. The number of ketones is 1. The highest BCUT2D eigenvalue weighted by atomic mass is 16.5. The van der Waals surface area contributed by atoms with Gasteiger partial charge in [0.15, 0.2) is 17.3 Å². The highest BCUT2D eigenvalue weighted by Crippen LogP contribution is 2.27. The van der Waals surface area contributed by atoms with Crippen LogP contribution in [0.4, 0.5) is 0 Å². The number of ether oxygens (including phenoxy) is 2. The molecule has 0 radical (unpaired) electrons. The Morgan fingerprint density at radius 3 is 2.39 bits per heavy atom. The Hall–Kier alpha value is -1.55. The summed E-state index contributed by atoms with van der Waals surface area (Å²) >= 11 is 0. The average molecular weight is 321 g/mol. The first kappa shape index (κ1) is 19.5. The molecule has 130 valence electrons. The molecule has 0 saturated carbocycles. The Morgan fingerprint density at radius 2 is 1.78 bits per heavy atom. The fourth-order valence-corrected chi connectivity index (χ4v) is 2.52. The van der Waals surface area contributed by atoms with Gasteiger partial charge in [-0.2, -0.15) is 0 Å².